The summed E-state index contributed by atoms with van der Waals surface area (Å²) in [6.45, 7) is 9.26. The largest absolute Gasteiger partial charge is 0.478 e. The molecule has 2 rings (SSSR count). The summed E-state index contributed by atoms with van der Waals surface area (Å²) in [5.74, 6) is -1.22. The molecule has 1 amide bonds. The van der Waals surface area contributed by atoms with Crippen LogP contribution in [0.2, 0.25) is 0 Å². The van der Waals surface area contributed by atoms with Crippen molar-refractivity contribution in [1.82, 2.24) is 9.80 Å². The van der Waals surface area contributed by atoms with Gasteiger partial charge in [0.1, 0.15) is 5.60 Å². The van der Waals surface area contributed by atoms with Crippen LogP contribution < -0.4 is 5.32 Å². The Morgan fingerprint density at radius 2 is 1.89 bits per heavy atom. The van der Waals surface area contributed by atoms with Gasteiger partial charge in [0, 0.05) is 32.7 Å². The first-order valence-corrected chi connectivity index (χ1v) is 8.80. The van der Waals surface area contributed by atoms with Gasteiger partial charge in [-0.25, -0.2) is 9.59 Å². The van der Waals surface area contributed by atoms with Crippen LogP contribution in [0.15, 0.2) is 12.1 Å². The number of nitrogens with one attached hydrogen (secondary N) is 1. The summed E-state index contributed by atoms with van der Waals surface area (Å²) < 4.78 is 5.21. The maximum Gasteiger partial charge on any atom is 0.412 e. The fourth-order valence-corrected chi connectivity index (χ4v) is 2.82. The number of amides is 1. The molecule has 2 N–H and O–H groups in total. The van der Waals surface area contributed by atoms with Gasteiger partial charge in [-0.3, -0.25) is 10.2 Å². The van der Waals surface area contributed by atoms with E-state index in [2.05, 4.69) is 28.2 Å². The van der Waals surface area contributed by atoms with Crippen LogP contribution in [0, 0.1) is 11.3 Å². The van der Waals surface area contributed by atoms with E-state index < -0.39 is 17.7 Å². The Bertz CT molecular complexity index is 756. The number of carbonyl (C=O) groups excluding carboxylic acids is 1. The van der Waals surface area contributed by atoms with Crippen LogP contribution in [-0.4, -0.2) is 65.8 Å². The highest BCUT2D eigenvalue weighted by atomic mass is 16.6. The summed E-state index contributed by atoms with van der Waals surface area (Å²) in [6, 6.07) is 4.93. The molecule has 1 heterocycles. The molecule has 8 nitrogen and oxygen atoms in total. The lowest BCUT2D eigenvalue weighted by molar-refractivity contribution is 0.0636. The quantitative estimate of drug-likeness (QED) is 0.833. The van der Waals surface area contributed by atoms with E-state index in [4.69, 9.17) is 4.74 Å². The van der Waals surface area contributed by atoms with Crippen molar-refractivity contribution in [3.8, 4) is 6.07 Å². The number of benzene rings is 1. The second kappa shape index (κ2) is 8.37. The van der Waals surface area contributed by atoms with E-state index >= 15 is 0 Å². The van der Waals surface area contributed by atoms with Crippen molar-refractivity contribution in [3.63, 3.8) is 0 Å². The third-order valence-electron chi connectivity index (χ3n) is 4.22. The molecule has 0 radical (unpaired) electrons. The molecule has 0 atom stereocenters. The van der Waals surface area contributed by atoms with Crippen LogP contribution in [0.25, 0.3) is 0 Å². The molecule has 0 spiro atoms. The van der Waals surface area contributed by atoms with Crippen LogP contribution in [0.4, 0.5) is 10.5 Å². The molecule has 8 heteroatoms. The predicted molar refractivity (Wildman–Crippen MR) is 101 cm³/mol. The number of nitriles is 1. The standard InChI is InChI=1S/C19H26N4O4/c1-19(2,3)27-18(26)21-16-10-14(12-23-7-5-22(4)6-8-23)13(11-20)9-15(16)17(24)25/h9-10H,5-8,12H2,1-4H3,(H,21,26)(H,24,25). The van der Waals surface area contributed by atoms with Crippen molar-refractivity contribution in [1.29, 1.82) is 5.26 Å². The zero-order chi connectivity index (χ0) is 20.2. The Labute approximate surface area is 159 Å². The van der Waals surface area contributed by atoms with Gasteiger partial charge in [-0.2, -0.15) is 5.26 Å². The Morgan fingerprint density at radius 3 is 2.41 bits per heavy atom. The highest BCUT2D eigenvalue weighted by Gasteiger charge is 2.22. The highest BCUT2D eigenvalue weighted by Crippen LogP contribution is 2.24. The number of carboxylic acid groups (broad SMARTS) is 1. The van der Waals surface area contributed by atoms with E-state index in [0.717, 1.165) is 26.2 Å². The lowest BCUT2D eigenvalue weighted by atomic mass is 10.0. The first-order chi connectivity index (χ1) is 12.6. The number of likely N-dealkylation sites (N-methyl/N-ethyl adjacent to an activating group) is 1. The monoisotopic (exact) mass is 374 g/mol. The molecule has 1 fully saturated rings. The molecule has 0 saturated carbocycles. The predicted octanol–water partition coefficient (Wildman–Crippen LogP) is 2.35. The topological polar surface area (TPSA) is 106 Å². The molecule has 1 saturated heterocycles. The number of hydrogen-bond acceptors (Lipinski definition) is 6. The SMILES string of the molecule is CN1CCN(Cc2cc(NC(=O)OC(C)(C)C)c(C(=O)O)cc2C#N)CC1. The maximum absolute atomic E-state index is 12.1. The third-order valence-corrected chi connectivity index (χ3v) is 4.22. The number of carbonyl (C=O) groups is 2. The van der Waals surface area contributed by atoms with Crippen molar-refractivity contribution in [3.05, 3.63) is 28.8 Å². The Hall–Kier alpha value is -2.63. The maximum atomic E-state index is 12.1. The minimum atomic E-state index is -1.22. The van der Waals surface area contributed by atoms with Crippen LogP contribution in [-0.2, 0) is 11.3 Å². The number of aromatic carboxylic acids is 1. The van der Waals surface area contributed by atoms with Crippen molar-refractivity contribution in [2.45, 2.75) is 32.9 Å². The van der Waals surface area contributed by atoms with E-state index in [1.165, 1.54) is 6.07 Å². The molecule has 0 aromatic heterocycles. The smallest absolute Gasteiger partial charge is 0.412 e. The molecular weight excluding hydrogens is 348 g/mol. The van der Waals surface area contributed by atoms with Crippen molar-refractivity contribution >= 4 is 17.7 Å². The number of hydrogen-bond donors (Lipinski definition) is 2. The fourth-order valence-electron chi connectivity index (χ4n) is 2.82. The summed E-state index contributed by atoms with van der Waals surface area (Å²) in [5.41, 5.74) is 0.251. The Morgan fingerprint density at radius 1 is 1.26 bits per heavy atom. The number of anilines is 1. The van der Waals surface area contributed by atoms with Crippen LogP contribution >= 0.6 is 0 Å². The van der Waals surface area contributed by atoms with Crippen molar-refractivity contribution in [2.75, 3.05) is 38.5 Å². The van der Waals surface area contributed by atoms with Gasteiger partial charge in [-0.15, -0.1) is 0 Å². The van der Waals surface area contributed by atoms with Gasteiger partial charge < -0.3 is 14.7 Å². The van der Waals surface area contributed by atoms with E-state index in [0.29, 0.717) is 17.7 Å². The number of carboxylic acids is 1. The molecule has 0 aliphatic carbocycles. The summed E-state index contributed by atoms with van der Waals surface area (Å²) in [7, 11) is 2.06. The van der Waals surface area contributed by atoms with Gasteiger partial charge in [-0.05, 0) is 45.5 Å². The highest BCUT2D eigenvalue weighted by molar-refractivity contribution is 5.99. The van der Waals surface area contributed by atoms with Gasteiger partial charge in [0.05, 0.1) is 22.9 Å². The van der Waals surface area contributed by atoms with Gasteiger partial charge in [-0.1, -0.05) is 0 Å². The lowest BCUT2D eigenvalue weighted by Gasteiger charge is -2.32. The number of nitrogens with zero attached hydrogens (tertiary/aromatic N) is 3. The second-order valence-corrected chi connectivity index (χ2v) is 7.68. The molecular formula is C19H26N4O4. The fraction of sp³-hybridized carbons (Fsp3) is 0.526. The third kappa shape index (κ3) is 5.94. The summed E-state index contributed by atoms with van der Waals surface area (Å²) >= 11 is 0. The molecule has 27 heavy (non-hydrogen) atoms. The van der Waals surface area contributed by atoms with E-state index in [9.17, 15) is 20.0 Å². The molecule has 1 aromatic rings. The van der Waals surface area contributed by atoms with Crippen LogP contribution in [0.5, 0.6) is 0 Å². The first kappa shape index (κ1) is 20.7. The molecule has 1 aliphatic heterocycles. The van der Waals surface area contributed by atoms with Gasteiger partial charge in [0.25, 0.3) is 0 Å². The summed E-state index contributed by atoms with van der Waals surface area (Å²) in [5, 5.41) is 21.4. The Kier molecular flexibility index (Phi) is 6.41. The van der Waals surface area contributed by atoms with Gasteiger partial charge in [0.15, 0.2) is 0 Å². The zero-order valence-corrected chi connectivity index (χ0v) is 16.2. The molecule has 0 bridgehead atoms. The second-order valence-electron chi connectivity index (χ2n) is 7.68. The number of rotatable bonds is 4. The minimum absolute atomic E-state index is 0.125. The van der Waals surface area contributed by atoms with Gasteiger partial charge >= 0.3 is 12.1 Å². The van der Waals surface area contributed by atoms with Gasteiger partial charge in [0.2, 0.25) is 0 Å². The summed E-state index contributed by atoms with van der Waals surface area (Å²) in [4.78, 5) is 28.1. The molecule has 1 aliphatic rings. The Balaban J connectivity index is 2.29. The number of ether oxygens (including phenoxy) is 1. The average Bonchev–Trinajstić information content (AvgIpc) is 2.55. The van der Waals surface area contributed by atoms with Crippen molar-refractivity contribution in [2.24, 2.45) is 0 Å². The minimum Gasteiger partial charge on any atom is -0.478 e. The summed E-state index contributed by atoms with van der Waals surface area (Å²) in [6.07, 6.45) is -0.736. The zero-order valence-electron chi connectivity index (χ0n) is 16.2. The van der Waals surface area contributed by atoms with Crippen molar-refractivity contribution < 1.29 is 19.4 Å². The van der Waals surface area contributed by atoms with E-state index in [1.807, 2.05) is 0 Å². The molecule has 146 valence electrons. The van der Waals surface area contributed by atoms with Crippen LogP contribution in [0.1, 0.15) is 42.3 Å². The molecule has 1 aromatic carbocycles. The first-order valence-electron chi connectivity index (χ1n) is 8.80. The van der Waals surface area contributed by atoms with E-state index in [-0.39, 0.29) is 11.3 Å². The average molecular weight is 374 g/mol. The normalized spacial score (nSPS) is 15.8. The number of piperazine rings is 1. The molecule has 0 unspecified atom stereocenters. The van der Waals surface area contributed by atoms with E-state index in [1.54, 1.807) is 26.8 Å². The van der Waals surface area contributed by atoms with Crippen LogP contribution in [0.3, 0.4) is 0 Å². The lowest BCUT2D eigenvalue weighted by Crippen LogP contribution is -2.44.